The Bertz CT molecular complexity index is 687. The van der Waals surface area contributed by atoms with Crippen LogP contribution in [0.2, 0.25) is 0 Å². The van der Waals surface area contributed by atoms with Gasteiger partial charge in [-0.3, -0.25) is 0 Å². The molecule has 1 aromatic carbocycles. The summed E-state index contributed by atoms with van der Waals surface area (Å²) in [5.41, 5.74) is 1.02. The molecule has 0 saturated heterocycles. The van der Waals surface area contributed by atoms with Gasteiger partial charge < -0.3 is 14.8 Å². The minimum absolute atomic E-state index is 0.0728. The van der Waals surface area contributed by atoms with Crippen LogP contribution in [0.1, 0.15) is 26.3 Å². The zero-order chi connectivity index (χ0) is 17.5. The second kappa shape index (κ2) is 8.68. The summed E-state index contributed by atoms with van der Waals surface area (Å²) < 4.78 is 14.1. The van der Waals surface area contributed by atoms with Crippen molar-refractivity contribution < 1.29 is 9.47 Å². The summed E-state index contributed by atoms with van der Waals surface area (Å²) in [4.78, 5) is 0. The van der Waals surface area contributed by atoms with Gasteiger partial charge in [0.15, 0.2) is 11.5 Å². The average molecular weight is 396 g/mol. The van der Waals surface area contributed by atoms with E-state index in [1.807, 2.05) is 32.9 Å². The third-order valence-corrected chi connectivity index (χ3v) is 3.78. The third kappa shape index (κ3) is 4.70. The molecular formula is C16H22BrN5O2. The number of allylic oxidation sites excluding steroid dienone is 1. The predicted octanol–water partition coefficient (Wildman–Crippen LogP) is 3.42. The number of ether oxygens (including phenoxy) is 2. The van der Waals surface area contributed by atoms with E-state index in [1.165, 1.54) is 0 Å². The molecule has 0 atom stereocenters. The number of benzene rings is 1. The van der Waals surface area contributed by atoms with Gasteiger partial charge in [-0.1, -0.05) is 27.1 Å². The fraction of sp³-hybridized carbons (Fsp3) is 0.438. The first-order valence-electron chi connectivity index (χ1n) is 7.78. The quantitative estimate of drug-likeness (QED) is 0.655. The Morgan fingerprint density at radius 3 is 2.83 bits per heavy atom. The molecule has 1 aromatic heterocycles. The summed E-state index contributed by atoms with van der Waals surface area (Å²) in [5.74, 6) is 2.03. The first-order chi connectivity index (χ1) is 11.5. The van der Waals surface area contributed by atoms with Crippen molar-refractivity contribution in [2.45, 2.75) is 40.0 Å². The Kier molecular flexibility index (Phi) is 6.60. The number of rotatable bonds is 9. The molecule has 0 aliphatic carbocycles. The van der Waals surface area contributed by atoms with Crippen LogP contribution >= 0.6 is 15.9 Å². The second-order valence-corrected chi connectivity index (χ2v) is 6.17. The van der Waals surface area contributed by atoms with Crippen LogP contribution in [-0.4, -0.2) is 32.9 Å². The van der Waals surface area contributed by atoms with E-state index in [2.05, 4.69) is 43.4 Å². The average Bonchev–Trinajstić information content (AvgIpc) is 2.96. The van der Waals surface area contributed by atoms with Gasteiger partial charge in [-0.15, -0.1) is 6.58 Å². The van der Waals surface area contributed by atoms with Crippen molar-refractivity contribution in [3.8, 4) is 11.5 Å². The molecule has 0 amide bonds. The van der Waals surface area contributed by atoms with E-state index < -0.39 is 0 Å². The van der Waals surface area contributed by atoms with Gasteiger partial charge in [0.25, 0.3) is 0 Å². The van der Waals surface area contributed by atoms with Crippen molar-refractivity contribution in [3.05, 3.63) is 34.8 Å². The molecule has 0 bridgehead atoms. The summed E-state index contributed by atoms with van der Waals surface area (Å²) in [6.45, 7) is 11.3. The van der Waals surface area contributed by atoms with Crippen LogP contribution in [0.15, 0.2) is 29.3 Å². The van der Waals surface area contributed by atoms with Gasteiger partial charge in [0.1, 0.15) is 0 Å². The van der Waals surface area contributed by atoms with Crippen LogP contribution < -0.4 is 14.8 Å². The summed E-state index contributed by atoms with van der Waals surface area (Å²) in [7, 11) is 0. The highest BCUT2D eigenvalue weighted by Crippen LogP contribution is 2.34. The van der Waals surface area contributed by atoms with Gasteiger partial charge in [0.05, 0.1) is 19.3 Å². The van der Waals surface area contributed by atoms with Crippen molar-refractivity contribution in [2.24, 2.45) is 0 Å². The molecular weight excluding hydrogens is 374 g/mol. The highest BCUT2D eigenvalue weighted by atomic mass is 79.9. The van der Waals surface area contributed by atoms with E-state index in [4.69, 9.17) is 9.47 Å². The molecule has 0 radical (unpaired) electrons. The lowest BCUT2D eigenvalue weighted by atomic mass is 10.2. The maximum atomic E-state index is 5.81. The van der Waals surface area contributed by atoms with E-state index in [0.29, 0.717) is 25.6 Å². The normalized spacial score (nSPS) is 10.7. The maximum absolute atomic E-state index is 5.81. The summed E-state index contributed by atoms with van der Waals surface area (Å²) in [6, 6.07) is 3.88. The molecule has 130 valence electrons. The number of aromatic nitrogens is 4. The first kappa shape index (κ1) is 18.3. The molecule has 1 heterocycles. The lowest BCUT2D eigenvalue weighted by Gasteiger charge is -2.17. The number of nitrogens with one attached hydrogen (secondary N) is 1. The Balaban J connectivity index is 2.18. The predicted molar refractivity (Wildman–Crippen MR) is 96.4 cm³/mol. The minimum Gasteiger partial charge on any atom is -0.490 e. The first-order valence-corrected chi connectivity index (χ1v) is 8.57. The summed E-state index contributed by atoms with van der Waals surface area (Å²) in [5, 5.41) is 14.7. The monoisotopic (exact) mass is 395 g/mol. The van der Waals surface area contributed by atoms with Gasteiger partial charge >= 0.3 is 0 Å². The highest BCUT2D eigenvalue weighted by Gasteiger charge is 2.13. The second-order valence-electron chi connectivity index (χ2n) is 5.32. The van der Waals surface area contributed by atoms with E-state index in [0.717, 1.165) is 21.5 Å². The Morgan fingerprint density at radius 1 is 1.38 bits per heavy atom. The minimum atomic E-state index is 0.0728. The molecule has 0 aliphatic rings. The maximum Gasteiger partial charge on any atom is 0.243 e. The van der Waals surface area contributed by atoms with Crippen LogP contribution in [-0.2, 0) is 13.1 Å². The number of anilines is 1. The molecule has 8 heteroatoms. The fourth-order valence-electron chi connectivity index (χ4n) is 2.08. The highest BCUT2D eigenvalue weighted by molar-refractivity contribution is 9.10. The zero-order valence-corrected chi connectivity index (χ0v) is 15.7. The van der Waals surface area contributed by atoms with Gasteiger partial charge in [0.2, 0.25) is 5.95 Å². The summed E-state index contributed by atoms with van der Waals surface area (Å²) in [6.07, 6.45) is 1.81. The van der Waals surface area contributed by atoms with Crippen LogP contribution in [0.25, 0.3) is 0 Å². The van der Waals surface area contributed by atoms with Crippen LogP contribution in [0.4, 0.5) is 5.95 Å². The lowest BCUT2D eigenvalue weighted by Crippen LogP contribution is -2.10. The Hall–Kier alpha value is -2.09. The van der Waals surface area contributed by atoms with Gasteiger partial charge in [-0.2, -0.15) is 0 Å². The van der Waals surface area contributed by atoms with Crippen LogP contribution in [0, 0.1) is 0 Å². The topological polar surface area (TPSA) is 74.1 Å². The Labute approximate surface area is 150 Å². The van der Waals surface area contributed by atoms with Crippen LogP contribution in [0.5, 0.6) is 11.5 Å². The van der Waals surface area contributed by atoms with Gasteiger partial charge in [-0.25, -0.2) is 4.68 Å². The van der Waals surface area contributed by atoms with E-state index in [-0.39, 0.29) is 6.10 Å². The smallest absolute Gasteiger partial charge is 0.243 e. The summed E-state index contributed by atoms with van der Waals surface area (Å²) >= 11 is 3.59. The van der Waals surface area contributed by atoms with E-state index in [1.54, 1.807) is 10.8 Å². The Morgan fingerprint density at radius 2 is 2.17 bits per heavy atom. The SMILES string of the molecule is C=CCn1nnnc1NCc1cc(OCC)c(OC(C)C)cc1Br. The van der Waals surface area contributed by atoms with E-state index >= 15 is 0 Å². The molecule has 1 N–H and O–H groups in total. The van der Waals surface area contributed by atoms with Gasteiger partial charge in [-0.05, 0) is 48.9 Å². The van der Waals surface area contributed by atoms with Crippen molar-refractivity contribution in [2.75, 3.05) is 11.9 Å². The van der Waals surface area contributed by atoms with Gasteiger partial charge in [0, 0.05) is 11.0 Å². The largest absolute Gasteiger partial charge is 0.490 e. The van der Waals surface area contributed by atoms with Crippen LogP contribution in [0.3, 0.4) is 0 Å². The number of hydrogen-bond acceptors (Lipinski definition) is 6. The molecule has 0 fully saturated rings. The number of hydrogen-bond donors (Lipinski definition) is 1. The van der Waals surface area contributed by atoms with Crippen molar-refractivity contribution in [1.82, 2.24) is 20.2 Å². The third-order valence-electron chi connectivity index (χ3n) is 3.05. The molecule has 0 unspecified atom stereocenters. The molecule has 2 aromatic rings. The molecule has 0 saturated carbocycles. The van der Waals surface area contributed by atoms with Crippen molar-refractivity contribution in [3.63, 3.8) is 0 Å². The molecule has 0 aliphatic heterocycles. The standard InChI is InChI=1S/C16H22BrN5O2/c1-5-7-22-16(19-20-21-22)18-10-12-8-14(23-6-2)15(9-13(12)17)24-11(3)4/h5,8-9,11H,1,6-7,10H2,2-4H3,(H,18,19,21). The molecule has 24 heavy (non-hydrogen) atoms. The fourth-order valence-corrected chi connectivity index (χ4v) is 2.54. The number of tetrazole rings is 1. The number of halogens is 1. The molecule has 2 rings (SSSR count). The van der Waals surface area contributed by atoms with E-state index in [9.17, 15) is 0 Å². The lowest BCUT2D eigenvalue weighted by molar-refractivity contribution is 0.223. The zero-order valence-electron chi connectivity index (χ0n) is 14.1. The molecule has 7 nitrogen and oxygen atoms in total. The van der Waals surface area contributed by atoms with Crippen molar-refractivity contribution >= 4 is 21.9 Å². The molecule has 0 spiro atoms. The van der Waals surface area contributed by atoms with Crippen molar-refractivity contribution in [1.29, 1.82) is 0 Å². The number of nitrogens with zero attached hydrogens (tertiary/aromatic N) is 4.